The van der Waals surface area contributed by atoms with Gasteiger partial charge in [0.1, 0.15) is 6.29 Å². The van der Waals surface area contributed by atoms with E-state index < -0.39 is 4.92 Å². The predicted molar refractivity (Wildman–Crippen MR) is 62.0 cm³/mol. The van der Waals surface area contributed by atoms with Crippen molar-refractivity contribution in [2.45, 2.75) is 13.3 Å². The van der Waals surface area contributed by atoms with Gasteiger partial charge in [-0.05, 0) is 19.1 Å². The zero-order chi connectivity index (χ0) is 12.7. The summed E-state index contributed by atoms with van der Waals surface area (Å²) in [6.45, 7) is 1.99. The average Bonchev–Trinajstić information content (AvgIpc) is 2.34. The third-order valence-electron chi connectivity index (χ3n) is 1.98. The number of carbonyl (C=O) groups excluding carboxylic acids is 1. The van der Waals surface area contributed by atoms with Gasteiger partial charge in [0, 0.05) is 18.1 Å². The van der Waals surface area contributed by atoms with E-state index in [0.29, 0.717) is 12.7 Å². The molecule has 0 fully saturated rings. The Morgan fingerprint density at radius 2 is 2.29 bits per heavy atom. The van der Waals surface area contributed by atoms with Crippen molar-refractivity contribution in [2.24, 2.45) is 0 Å². The second kappa shape index (κ2) is 6.28. The first-order valence-electron chi connectivity index (χ1n) is 4.95. The van der Waals surface area contributed by atoms with Gasteiger partial charge in [0.25, 0.3) is 0 Å². The molecule has 0 aliphatic rings. The summed E-state index contributed by atoms with van der Waals surface area (Å²) in [4.78, 5) is 20.7. The molecule has 0 unspecified atom stereocenters. The minimum Gasteiger partial charge on any atom is -0.486 e. The minimum absolute atomic E-state index is 0.151. The Bertz CT molecular complexity index is 485. The maximum atomic E-state index is 10.8. The van der Waals surface area contributed by atoms with Gasteiger partial charge in [-0.25, -0.2) is 0 Å². The van der Waals surface area contributed by atoms with Crippen LogP contribution in [0.5, 0.6) is 5.75 Å². The SMILES string of the molecule is CC#CCCOc1ccc(C=O)cc1[N+](=O)[O-]. The van der Waals surface area contributed by atoms with Crippen molar-refractivity contribution in [3.8, 4) is 17.6 Å². The minimum atomic E-state index is -0.576. The smallest absolute Gasteiger partial charge is 0.311 e. The second-order valence-electron chi connectivity index (χ2n) is 3.13. The number of ether oxygens (including phenoxy) is 1. The molecular weight excluding hydrogens is 222 g/mol. The van der Waals surface area contributed by atoms with Crippen LogP contribution < -0.4 is 4.74 Å². The molecule has 0 aliphatic carbocycles. The molecular formula is C12H11NO4. The maximum Gasteiger partial charge on any atom is 0.311 e. The number of hydrogen-bond donors (Lipinski definition) is 0. The summed E-state index contributed by atoms with van der Waals surface area (Å²) in [6.07, 6.45) is 1.06. The number of benzene rings is 1. The molecule has 0 radical (unpaired) electrons. The lowest BCUT2D eigenvalue weighted by atomic mass is 10.2. The predicted octanol–water partition coefficient (Wildman–Crippen LogP) is 2.20. The Labute approximate surface area is 98.5 Å². The van der Waals surface area contributed by atoms with Crippen LogP contribution in [0, 0.1) is 22.0 Å². The molecule has 5 heteroatoms. The van der Waals surface area contributed by atoms with Crippen LogP contribution >= 0.6 is 0 Å². The fourth-order valence-electron chi connectivity index (χ4n) is 1.21. The van der Waals surface area contributed by atoms with E-state index in [9.17, 15) is 14.9 Å². The van der Waals surface area contributed by atoms with Crippen LogP contribution in [0.15, 0.2) is 18.2 Å². The second-order valence-corrected chi connectivity index (χ2v) is 3.13. The third kappa shape index (κ3) is 3.61. The summed E-state index contributed by atoms with van der Waals surface area (Å²) in [7, 11) is 0. The molecule has 0 N–H and O–H groups in total. The zero-order valence-electron chi connectivity index (χ0n) is 9.30. The number of nitro benzene ring substituents is 1. The normalized spacial score (nSPS) is 9.00. The number of nitro groups is 1. The van der Waals surface area contributed by atoms with E-state index >= 15 is 0 Å². The van der Waals surface area contributed by atoms with Crippen molar-refractivity contribution in [1.29, 1.82) is 0 Å². The quantitative estimate of drug-likeness (QED) is 0.257. The first-order chi connectivity index (χ1) is 8.19. The molecule has 1 rings (SSSR count). The Kier molecular flexibility index (Phi) is 4.70. The zero-order valence-corrected chi connectivity index (χ0v) is 9.30. The van der Waals surface area contributed by atoms with E-state index in [1.165, 1.54) is 18.2 Å². The van der Waals surface area contributed by atoms with Crippen LogP contribution in [-0.2, 0) is 0 Å². The van der Waals surface area contributed by atoms with Crippen molar-refractivity contribution in [1.82, 2.24) is 0 Å². The topological polar surface area (TPSA) is 69.4 Å². The maximum absolute atomic E-state index is 10.8. The highest BCUT2D eigenvalue weighted by Gasteiger charge is 2.15. The monoisotopic (exact) mass is 233 g/mol. The van der Waals surface area contributed by atoms with Crippen molar-refractivity contribution in [3.63, 3.8) is 0 Å². The Morgan fingerprint density at radius 1 is 1.53 bits per heavy atom. The van der Waals surface area contributed by atoms with Crippen LogP contribution in [0.4, 0.5) is 5.69 Å². The Hall–Kier alpha value is -2.35. The Morgan fingerprint density at radius 3 is 2.88 bits per heavy atom. The summed E-state index contributed by atoms with van der Waals surface area (Å²) in [6, 6.07) is 4.08. The first-order valence-corrected chi connectivity index (χ1v) is 4.95. The summed E-state index contributed by atoms with van der Waals surface area (Å²) in [5, 5.41) is 10.8. The summed E-state index contributed by atoms with van der Waals surface area (Å²) in [5.41, 5.74) is 0.0384. The standard InChI is InChI=1S/C12H11NO4/c1-2-3-4-7-17-12-6-5-10(9-14)8-11(12)13(15)16/h5-6,8-9H,4,7H2,1H3. The van der Waals surface area contributed by atoms with E-state index in [2.05, 4.69) is 11.8 Å². The molecule has 0 saturated carbocycles. The average molecular weight is 233 g/mol. The van der Waals surface area contributed by atoms with Gasteiger partial charge in [0.15, 0.2) is 5.75 Å². The van der Waals surface area contributed by atoms with Crippen molar-refractivity contribution in [3.05, 3.63) is 33.9 Å². The van der Waals surface area contributed by atoms with E-state index in [-0.39, 0.29) is 23.6 Å². The van der Waals surface area contributed by atoms with Crippen LogP contribution in [0.25, 0.3) is 0 Å². The first kappa shape index (κ1) is 12.7. The number of aldehydes is 1. The number of rotatable bonds is 5. The van der Waals surface area contributed by atoms with Crippen molar-refractivity contribution < 1.29 is 14.5 Å². The van der Waals surface area contributed by atoms with Gasteiger partial charge in [-0.1, -0.05) is 0 Å². The molecule has 88 valence electrons. The number of nitrogens with zero attached hydrogens (tertiary/aromatic N) is 1. The lowest BCUT2D eigenvalue weighted by molar-refractivity contribution is -0.385. The highest BCUT2D eigenvalue weighted by Crippen LogP contribution is 2.27. The van der Waals surface area contributed by atoms with Gasteiger partial charge in [-0.3, -0.25) is 14.9 Å². The molecule has 0 aromatic heterocycles. The lowest BCUT2D eigenvalue weighted by Gasteiger charge is -2.04. The molecule has 0 aliphatic heterocycles. The highest BCUT2D eigenvalue weighted by molar-refractivity contribution is 5.77. The van der Waals surface area contributed by atoms with Crippen LogP contribution in [-0.4, -0.2) is 17.8 Å². The van der Waals surface area contributed by atoms with Gasteiger partial charge in [0.05, 0.1) is 11.5 Å². The molecule has 5 nitrogen and oxygen atoms in total. The molecule has 0 spiro atoms. The lowest BCUT2D eigenvalue weighted by Crippen LogP contribution is -2.00. The van der Waals surface area contributed by atoms with Gasteiger partial charge in [-0.2, -0.15) is 0 Å². The van der Waals surface area contributed by atoms with Gasteiger partial charge >= 0.3 is 5.69 Å². The van der Waals surface area contributed by atoms with Gasteiger partial charge < -0.3 is 4.74 Å². The van der Waals surface area contributed by atoms with Crippen LogP contribution in [0.2, 0.25) is 0 Å². The summed E-state index contributed by atoms with van der Waals surface area (Å²) >= 11 is 0. The van der Waals surface area contributed by atoms with E-state index in [4.69, 9.17) is 4.74 Å². The molecule has 0 heterocycles. The van der Waals surface area contributed by atoms with E-state index in [1.807, 2.05) is 0 Å². The fourth-order valence-corrected chi connectivity index (χ4v) is 1.21. The van der Waals surface area contributed by atoms with Crippen LogP contribution in [0.1, 0.15) is 23.7 Å². The molecule has 0 saturated heterocycles. The molecule has 17 heavy (non-hydrogen) atoms. The van der Waals surface area contributed by atoms with E-state index in [0.717, 1.165) is 0 Å². The fraction of sp³-hybridized carbons (Fsp3) is 0.250. The van der Waals surface area contributed by atoms with E-state index in [1.54, 1.807) is 6.92 Å². The molecule has 0 bridgehead atoms. The molecule has 0 amide bonds. The molecule has 0 atom stereocenters. The number of hydrogen-bond acceptors (Lipinski definition) is 4. The Balaban J connectivity index is 2.85. The van der Waals surface area contributed by atoms with Crippen molar-refractivity contribution in [2.75, 3.05) is 6.61 Å². The summed E-state index contributed by atoms with van der Waals surface area (Å²) < 4.78 is 5.24. The third-order valence-corrected chi connectivity index (χ3v) is 1.98. The molecule has 1 aromatic rings. The van der Waals surface area contributed by atoms with Crippen LogP contribution in [0.3, 0.4) is 0 Å². The van der Waals surface area contributed by atoms with Crippen molar-refractivity contribution >= 4 is 12.0 Å². The largest absolute Gasteiger partial charge is 0.486 e. The summed E-state index contributed by atoms with van der Waals surface area (Å²) in [5.74, 6) is 5.64. The highest BCUT2D eigenvalue weighted by atomic mass is 16.6. The van der Waals surface area contributed by atoms with Gasteiger partial charge in [-0.15, -0.1) is 11.8 Å². The van der Waals surface area contributed by atoms with Gasteiger partial charge in [0.2, 0.25) is 0 Å². The number of carbonyl (C=O) groups is 1. The molecule has 1 aromatic carbocycles.